The Bertz CT molecular complexity index is 1980. The highest BCUT2D eigenvalue weighted by Gasteiger charge is 2.33. The zero-order chi connectivity index (χ0) is 30.4. The lowest BCUT2D eigenvalue weighted by atomic mass is 9.92. The number of rotatable bonds is 5. The van der Waals surface area contributed by atoms with Crippen LogP contribution in [-0.4, -0.2) is 12.6 Å². The molecule has 0 saturated carbocycles. The molecule has 0 atom stereocenters. The number of benzene rings is 4. The van der Waals surface area contributed by atoms with Crippen LogP contribution in [0, 0.1) is 6.92 Å². The third-order valence-electron chi connectivity index (χ3n) is 8.29. The fraction of sp³-hybridized carbons (Fsp3) is 0.306. The smallest absolute Gasteiger partial charge is 0.299 e. The molecule has 0 radical (unpaired) electrons. The number of hydrogen-bond donors (Lipinski definition) is 0. The summed E-state index contributed by atoms with van der Waals surface area (Å²) in [7, 11) is 0.592. The highest BCUT2D eigenvalue weighted by molar-refractivity contribution is 6.88. The Morgan fingerprint density at radius 2 is 1.50 bits per heavy atom. The summed E-state index contributed by atoms with van der Waals surface area (Å²) < 4.78 is 29.6. The van der Waals surface area contributed by atoms with E-state index in [0.717, 1.165) is 66.7 Å². The average molecular weight is 548 g/mol. The van der Waals surface area contributed by atoms with Crippen LogP contribution in [0.2, 0.25) is 19.6 Å². The molecular weight excluding hydrogens is 504 g/mol. The zero-order valence-electron chi connectivity index (χ0n) is 27.2. The molecule has 204 valence electrons. The van der Waals surface area contributed by atoms with Crippen LogP contribution in [0.25, 0.3) is 50.0 Å². The van der Waals surface area contributed by atoms with Crippen molar-refractivity contribution in [1.29, 1.82) is 0 Å². The molecule has 4 heteroatoms. The average Bonchev–Trinajstić information content (AvgIpc) is 3.41. The first-order chi connectivity index (χ1) is 19.6. The van der Waals surface area contributed by atoms with Crippen molar-refractivity contribution in [3.8, 4) is 17.1 Å². The zero-order valence-corrected chi connectivity index (χ0v) is 26.2. The summed E-state index contributed by atoms with van der Waals surface area (Å²) >= 11 is 0. The Morgan fingerprint density at radius 1 is 0.825 bits per heavy atom. The van der Waals surface area contributed by atoms with Crippen LogP contribution in [0.1, 0.15) is 58.9 Å². The van der Waals surface area contributed by atoms with Gasteiger partial charge in [-0.3, -0.25) is 0 Å². The molecule has 2 heterocycles. The normalized spacial score (nSPS) is 13.8. The molecule has 0 amide bonds. The van der Waals surface area contributed by atoms with E-state index in [0.29, 0.717) is 0 Å². The van der Waals surface area contributed by atoms with Gasteiger partial charge in [-0.2, -0.15) is 4.57 Å². The first-order valence-electron chi connectivity index (χ1n) is 15.2. The van der Waals surface area contributed by atoms with Gasteiger partial charge in [0.2, 0.25) is 0 Å². The van der Waals surface area contributed by atoms with E-state index in [1.54, 1.807) is 0 Å². The van der Waals surface area contributed by atoms with Gasteiger partial charge in [0, 0.05) is 24.6 Å². The number of fused-ring (bicyclic) bond motifs is 4. The molecule has 0 fully saturated rings. The van der Waals surface area contributed by atoms with Crippen LogP contribution in [0.4, 0.5) is 0 Å². The van der Waals surface area contributed by atoms with Gasteiger partial charge >= 0.3 is 0 Å². The van der Waals surface area contributed by atoms with Crippen LogP contribution in [-0.2, 0) is 7.05 Å². The van der Waals surface area contributed by atoms with E-state index >= 15 is 0 Å². The van der Waals surface area contributed by atoms with E-state index in [4.69, 9.17) is 4.42 Å². The molecule has 0 aliphatic carbocycles. The van der Waals surface area contributed by atoms with Crippen molar-refractivity contribution in [2.75, 3.05) is 0 Å². The van der Waals surface area contributed by atoms with Crippen molar-refractivity contribution >= 4 is 46.2 Å². The lowest BCUT2D eigenvalue weighted by Gasteiger charge is -2.18. The van der Waals surface area contributed by atoms with Crippen LogP contribution >= 0.6 is 0 Å². The van der Waals surface area contributed by atoms with Gasteiger partial charge in [-0.1, -0.05) is 107 Å². The summed E-state index contributed by atoms with van der Waals surface area (Å²) in [5.41, 5.74) is 8.69. The summed E-state index contributed by atoms with van der Waals surface area (Å²) in [6, 6.07) is 25.6. The summed E-state index contributed by atoms with van der Waals surface area (Å²) in [5, 5.41) is 3.67. The van der Waals surface area contributed by atoms with E-state index in [9.17, 15) is 2.74 Å². The first-order valence-corrected chi connectivity index (χ1v) is 17.7. The van der Waals surface area contributed by atoms with Crippen molar-refractivity contribution in [3.63, 3.8) is 0 Å². The first kappa shape index (κ1) is 24.2. The number of furan rings is 1. The minimum absolute atomic E-state index is 0.867. The Morgan fingerprint density at radius 3 is 2.15 bits per heavy atom. The van der Waals surface area contributed by atoms with E-state index in [1.807, 2.05) is 45.9 Å². The maximum absolute atomic E-state index is 9.17. The molecule has 2 aromatic heterocycles. The predicted octanol–water partition coefficient (Wildman–Crippen LogP) is 9.12. The monoisotopic (exact) mass is 547 g/mol. The molecule has 6 rings (SSSR count). The Balaban J connectivity index is 1.81. The molecule has 0 saturated heterocycles. The van der Waals surface area contributed by atoms with Gasteiger partial charge in [-0.25, -0.2) is 4.57 Å². The predicted molar refractivity (Wildman–Crippen MR) is 173 cm³/mol. The van der Waals surface area contributed by atoms with E-state index in [1.165, 1.54) is 5.19 Å². The lowest BCUT2D eigenvalue weighted by molar-refractivity contribution is -0.633. The number of nitrogens with zero attached hydrogens (tertiary/aromatic N) is 2. The molecule has 0 aliphatic heterocycles. The van der Waals surface area contributed by atoms with E-state index in [-0.39, 0.29) is 0 Å². The second-order valence-electron chi connectivity index (χ2n) is 12.6. The molecule has 40 heavy (non-hydrogen) atoms. The molecule has 0 aliphatic rings. The van der Waals surface area contributed by atoms with Gasteiger partial charge < -0.3 is 4.42 Å². The minimum atomic E-state index is -1.52. The van der Waals surface area contributed by atoms with Gasteiger partial charge in [-0.15, -0.1) is 0 Å². The van der Waals surface area contributed by atoms with Gasteiger partial charge in [0.1, 0.15) is 16.8 Å². The van der Waals surface area contributed by atoms with Crippen molar-refractivity contribution in [3.05, 3.63) is 89.5 Å². The highest BCUT2D eigenvalue weighted by atomic mass is 28.3. The van der Waals surface area contributed by atoms with Crippen LogP contribution in [0.3, 0.4) is 0 Å². The van der Waals surface area contributed by atoms with Crippen LogP contribution < -0.4 is 9.75 Å². The molecule has 3 nitrogen and oxygen atoms in total. The highest BCUT2D eigenvalue weighted by Crippen LogP contribution is 2.41. The largest absolute Gasteiger partial charge is 0.455 e. The van der Waals surface area contributed by atoms with Crippen molar-refractivity contribution in [2.24, 2.45) is 7.05 Å². The number of hydrogen-bond acceptors (Lipinski definition) is 1. The molecule has 4 aromatic carbocycles. The van der Waals surface area contributed by atoms with Crippen molar-refractivity contribution in [1.82, 2.24) is 4.57 Å². The lowest BCUT2D eigenvalue weighted by Crippen LogP contribution is -2.37. The summed E-state index contributed by atoms with van der Waals surface area (Å²) in [4.78, 5) is 0. The fourth-order valence-electron chi connectivity index (χ4n) is 6.10. The number of para-hydroxylation sites is 3. The number of imidazole rings is 1. The summed E-state index contributed by atoms with van der Waals surface area (Å²) in [6.45, 7) is 17.0. The minimum Gasteiger partial charge on any atom is -0.455 e. The van der Waals surface area contributed by atoms with Crippen LogP contribution in [0.5, 0.6) is 0 Å². The Kier molecular flexibility index (Phi) is 5.73. The molecular formula is C36H41N2OSi+. The van der Waals surface area contributed by atoms with Gasteiger partial charge in [0.15, 0.2) is 16.6 Å². The fourth-order valence-corrected chi connectivity index (χ4v) is 7.26. The summed E-state index contributed by atoms with van der Waals surface area (Å²) in [5.74, 6) is -0.789. The van der Waals surface area contributed by atoms with Crippen molar-refractivity contribution in [2.45, 2.75) is 66.0 Å². The third-order valence-corrected chi connectivity index (χ3v) is 10.3. The maximum Gasteiger partial charge on any atom is 0.299 e. The third kappa shape index (κ3) is 4.04. The second-order valence-corrected chi connectivity index (χ2v) is 17.7. The molecule has 6 aromatic rings. The Labute approximate surface area is 241 Å². The number of aromatic nitrogens is 2. The van der Waals surface area contributed by atoms with E-state index < -0.39 is 19.9 Å². The standard InChI is InChI=1S/C36H41N2OSi/c1-22(2)26-13-12-14-27(23(3)4)34(26)38-31-16-11-10-15-30(31)37(6)36(38)33-24(5)17-19-28-29-21-25(40(7,8)9)18-20-32(29)39-35(28)33/h10-23H,1-9H3/q+1/i22D,23D. The second kappa shape index (κ2) is 9.48. The van der Waals surface area contributed by atoms with E-state index in [2.05, 4.69) is 97.3 Å². The van der Waals surface area contributed by atoms with Crippen LogP contribution in [0.15, 0.2) is 77.2 Å². The molecule has 0 spiro atoms. The topological polar surface area (TPSA) is 21.9 Å². The molecule has 0 N–H and O–H groups in total. The maximum atomic E-state index is 9.17. The molecule has 0 bridgehead atoms. The number of aryl methyl sites for hydroxylation is 2. The van der Waals surface area contributed by atoms with Gasteiger partial charge in [0.25, 0.3) is 5.82 Å². The quantitative estimate of drug-likeness (QED) is 0.156. The van der Waals surface area contributed by atoms with Gasteiger partial charge in [-0.05, 0) is 42.5 Å². The van der Waals surface area contributed by atoms with Gasteiger partial charge in [0.05, 0.1) is 15.1 Å². The Hall–Kier alpha value is -3.63. The summed E-state index contributed by atoms with van der Waals surface area (Å²) in [6.07, 6.45) is 0. The van der Waals surface area contributed by atoms with Crippen molar-refractivity contribution < 1.29 is 11.7 Å². The molecule has 0 unspecified atom stereocenters. The SMILES string of the molecule is [2H]C(C)(C)c1cccc(C([2H])(C)C)c1-n1c(-c2c(C)ccc3c2oc2ccc([Si](C)(C)C)cc23)[n+](C)c2ccccc21.